The molecule has 0 aliphatic carbocycles. The van der Waals surface area contributed by atoms with Crippen molar-refractivity contribution in [1.82, 2.24) is 4.98 Å². The number of thiazole rings is 1. The van der Waals surface area contributed by atoms with Gasteiger partial charge in [0.05, 0.1) is 5.69 Å². The third-order valence-corrected chi connectivity index (χ3v) is 4.23. The maximum absolute atomic E-state index is 5.84. The van der Waals surface area contributed by atoms with Crippen molar-refractivity contribution in [2.24, 2.45) is 5.73 Å². The van der Waals surface area contributed by atoms with Gasteiger partial charge in [-0.2, -0.15) is 0 Å². The van der Waals surface area contributed by atoms with Crippen molar-refractivity contribution >= 4 is 11.3 Å². The molecular formula is C15H20N2S. The minimum atomic E-state index is -0.0529. The highest BCUT2D eigenvalue weighted by Gasteiger charge is 2.25. The number of aromatic nitrogens is 1. The first kappa shape index (κ1) is 13.2. The first-order valence-corrected chi connectivity index (χ1v) is 7.01. The Morgan fingerprint density at radius 2 is 2.00 bits per heavy atom. The SMILES string of the molecule is Cc1cccc(-c2nc(C(C)(C)CN)c(C)s2)c1. The van der Waals surface area contributed by atoms with Gasteiger partial charge in [-0.05, 0) is 19.9 Å². The van der Waals surface area contributed by atoms with Gasteiger partial charge in [-0.3, -0.25) is 0 Å². The molecule has 1 aromatic heterocycles. The summed E-state index contributed by atoms with van der Waals surface area (Å²) in [6.45, 7) is 9.15. The van der Waals surface area contributed by atoms with E-state index in [9.17, 15) is 0 Å². The molecule has 0 atom stereocenters. The topological polar surface area (TPSA) is 38.9 Å². The predicted molar refractivity (Wildman–Crippen MR) is 79.1 cm³/mol. The standard InChI is InChI=1S/C15H20N2S/c1-10-6-5-7-12(8-10)14-17-13(11(2)18-14)15(3,4)9-16/h5-8H,9,16H2,1-4H3. The van der Waals surface area contributed by atoms with E-state index >= 15 is 0 Å². The number of hydrogen-bond donors (Lipinski definition) is 1. The van der Waals surface area contributed by atoms with E-state index in [4.69, 9.17) is 10.7 Å². The zero-order chi connectivity index (χ0) is 13.3. The molecule has 0 aliphatic rings. The van der Waals surface area contributed by atoms with Crippen LogP contribution < -0.4 is 5.73 Å². The van der Waals surface area contributed by atoms with Crippen LogP contribution in [0, 0.1) is 13.8 Å². The Labute approximate surface area is 113 Å². The van der Waals surface area contributed by atoms with Gasteiger partial charge in [0.2, 0.25) is 0 Å². The quantitative estimate of drug-likeness (QED) is 0.914. The van der Waals surface area contributed by atoms with Crippen LogP contribution in [0.5, 0.6) is 0 Å². The third kappa shape index (κ3) is 2.47. The van der Waals surface area contributed by atoms with Gasteiger partial charge in [0.25, 0.3) is 0 Å². The molecule has 0 bridgehead atoms. The summed E-state index contributed by atoms with van der Waals surface area (Å²) in [4.78, 5) is 6.07. The van der Waals surface area contributed by atoms with Gasteiger partial charge < -0.3 is 5.73 Å². The largest absolute Gasteiger partial charge is 0.330 e. The second kappa shape index (κ2) is 4.82. The summed E-state index contributed by atoms with van der Waals surface area (Å²) in [6, 6.07) is 8.48. The monoisotopic (exact) mass is 260 g/mol. The maximum atomic E-state index is 5.84. The van der Waals surface area contributed by atoms with Crippen molar-refractivity contribution in [2.75, 3.05) is 6.54 Å². The third-order valence-electron chi connectivity index (χ3n) is 3.21. The number of nitrogens with zero attached hydrogens (tertiary/aromatic N) is 1. The summed E-state index contributed by atoms with van der Waals surface area (Å²) in [5.74, 6) is 0. The first-order valence-electron chi connectivity index (χ1n) is 6.19. The van der Waals surface area contributed by atoms with Crippen LogP contribution in [-0.2, 0) is 5.41 Å². The zero-order valence-corrected chi connectivity index (χ0v) is 12.3. The van der Waals surface area contributed by atoms with Crippen LogP contribution >= 0.6 is 11.3 Å². The van der Waals surface area contributed by atoms with E-state index in [0.717, 1.165) is 10.7 Å². The number of aryl methyl sites for hydroxylation is 2. The molecule has 3 heteroatoms. The summed E-state index contributed by atoms with van der Waals surface area (Å²) in [5.41, 5.74) is 9.38. The Bertz CT molecular complexity index is 555. The number of benzene rings is 1. The van der Waals surface area contributed by atoms with Gasteiger partial charge in [0.15, 0.2) is 0 Å². The lowest BCUT2D eigenvalue weighted by Crippen LogP contribution is -2.29. The van der Waals surface area contributed by atoms with Gasteiger partial charge in [0, 0.05) is 22.4 Å². The van der Waals surface area contributed by atoms with Gasteiger partial charge in [-0.15, -0.1) is 11.3 Å². The Hall–Kier alpha value is -1.19. The van der Waals surface area contributed by atoms with Gasteiger partial charge in [-0.25, -0.2) is 4.98 Å². The fourth-order valence-electron chi connectivity index (χ4n) is 2.02. The lowest BCUT2D eigenvalue weighted by atomic mass is 9.89. The Balaban J connectivity index is 2.47. The minimum absolute atomic E-state index is 0.0529. The predicted octanol–water partition coefficient (Wildman–Crippen LogP) is 3.66. The van der Waals surface area contributed by atoms with E-state index in [0.29, 0.717) is 6.54 Å². The summed E-state index contributed by atoms with van der Waals surface area (Å²) < 4.78 is 0. The Morgan fingerprint density at radius 3 is 2.61 bits per heavy atom. The molecule has 0 fully saturated rings. The van der Waals surface area contributed by atoms with Crippen LogP contribution in [0.2, 0.25) is 0 Å². The molecule has 2 aromatic rings. The van der Waals surface area contributed by atoms with Crippen LogP contribution in [0.3, 0.4) is 0 Å². The van der Waals surface area contributed by atoms with Gasteiger partial charge >= 0.3 is 0 Å². The normalized spacial score (nSPS) is 11.8. The molecule has 0 unspecified atom stereocenters. The molecule has 1 heterocycles. The van der Waals surface area contributed by atoms with E-state index in [2.05, 4.69) is 52.0 Å². The average Bonchev–Trinajstić information content (AvgIpc) is 2.72. The lowest BCUT2D eigenvalue weighted by Gasteiger charge is -2.20. The maximum Gasteiger partial charge on any atom is 0.123 e. The molecule has 0 saturated carbocycles. The van der Waals surface area contributed by atoms with Crippen molar-refractivity contribution < 1.29 is 0 Å². The van der Waals surface area contributed by atoms with Crippen LogP contribution in [-0.4, -0.2) is 11.5 Å². The van der Waals surface area contributed by atoms with E-state index in [1.165, 1.54) is 16.0 Å². The highest BCUT2D eigenvalue weighted by Crippen LogP contribution is 2.33. The molecule has 1 aromatic carbocycles. The van der Waals surface area contributed by atoms with Gasteiger partial charge in [0.1, 0.15) is 5.01 Å². The van der Waals surface area contributed by atoms with E-state index in [1.54, 1.807) is 11.3 Å². The number of hydrogen-bond acceptors (Lipinski definition) is 3. The smallest absolute Gasteiger partial charge is 0.123 e. The van der Waals surface area contributed by atoms with Crippen LogP contribution in [0.25, 0.3) is 10.6 Å². The average molecular weight is 260 g/mol. The number of rotatable bonds is 3. The highest BCUT2D eigenvalue weighted by atomic mass is 32.1. The Morgan fingerprint density at radius 1 is 1.28 bits per heavy atom. The molecule has 0 amide bonds. The molecule has 2 N–H and O–H groups in total. The molecule has 18 heavy (non-hydrogen) atoms. The van der Waals surface area contributed by atoms with Gasteiger partial charge in [-0.1, -0.05) is 37.6 Å². The minimum Gasteiger partial charge on any atom is -0.330 e. The highest BCUT2D eigenvalue weighted by molar-refractivity contribution is 7.15. The summed E-state index contributed by atoms with van der Waals surface area (Å²) in [7, 11) is 0. The molecule has 2 nitrogen and oxygen atoms in total. The van der Waals surface area contributed by atoms with Crippen molar-refractivity contribution in [3.63, 3.8) is 0 Å². The number of nitrogens with two attached hydrogens (primary N) is 1. The van der Waals surface area contributed by atoms with Crippen molar-refractivity contribution in [2.45, 2.75) is 33.1 Å². The summed E-state index contributed by atoms with van der Waals surface area (Å²) in [5, 5.41) is 1.09. The summed E-state index contributed by atoms with van der Waals surface area (Å²) >= 11 is 1.75. The molecule has 0 spiro atoms. The van der Waals surface area contributed by atoms with Crippen LogP contribution in [0.4, 0.5) is 0 Å². The molecule has 2 rings (SSSR count). The zero-order valence-electron chi connectivity index (χ0n) is 11.4. The molecular weight excluding hydrogens is 240 g/mol. The fraction of sp³-hybridized carbons (Fsp3) is 0.400. The van der Waals surface area contributed by atoms with Crippen LogP contribution in [0.15, 0.2) is 24.3 Å². The fourth-order valence-corrected chi connectivity index (χ4v) is 3.11. The molecule has 0 saturated heterocycles. The molecule has 96 valence electrons. The second-order valence-electron chi connectivity index (χ2n) is 5.38. The first-order chi connectivity index (χ1) is 8.44. The summed E-state index contributed by atoms with van der Waals surface area (Å²) in [6.07, 6.45) is 0. The van der Waals surface area contributed by atoms with Crippen molar-refractivity contribution in [1.29, 1.82) is 0 Å². The lowest BCUT2D eigenvalue weighted by molar-refractivity contribution is 0.522. The van der Waals surface area contributed by atoms with E-state index < -0.39 is 0 Å². The van der Waals surface area contributed by atoms with E-state index in [-0.39, 0.29) is 5.41 Å². The Kier molecular flexibility index (Phi) is 3.55. The second-order valence-corrected chi connectivity index (χ2v) is 6.58. The molecule has 0 aliphatic heterocycles. The molecule has 0 radical (unpaired) electrons. The van der Waals surface area contributed by atoms with Crippen molar-refractivity contribution in [3.05, 3.63) is 40.4 Å². The van der Waals surface area contributed by atoms with E-state index in [1.807, 2.05) is 0 Å². The van der Waals surface area contributed by atoms with Crippen LogP contribution in [0.1, 0.15) is 30.0 Å². The van der Waals surface area contributed by atoms with Crippen molar-refractivity contribution in [3.8, 4) is 10.6 Å².